The molecule has 0 unspecified atom stereocenters. The highest BCUT2D eigenvalue weighted by atomic mass is 35.5. The fourth-order valence-corrected chi connectivity index (χ4v) is 5.36. The van der Waals surface area contributed by atoms with Gasteiger partial charge in [-0.2, -0.15) is 0 Å². The molecule has 0 aromatic carbocycles. The molecule has 0 aromatic rings. The van der Waals surface area contributed by atoms with Crippen LogP contribution in [0.4, 0.5) is 0 Å². The van der Waals surface area contributed by atoms with Gasteiger partial charge in [0.1, 0.15) is 9.75 Å². The van der Waals surface area contributed by atoms with Crippen LogP contribution in [0.1, 0.15) is 13.3 Å². The molecule has 0 spiro atoms. The quantitative estimate of drug-likeness (QED) is 0.731. The van der Waals surface area contributed by atoms with Gasteiger partial charge in [-0.3, -0.25) is 4.79 Å². The molecule has 0 aromatic heterocycles. The Morgan fingerprint density at radius 2 is 1.83 bits per heavy atom. The lowest BCUT2D eigenvalue weighted by molar-refractivity contribution is -0.119. The average molecular weight is 372 g/mol. The number of rotatable bonds is 2. The predicted molar refractivity (Wildman–Crippen MR) is 77.1 cm³/mol. The summed E-state index contributed by atoms with van der Waals surface area (Å²) in [7, 11) is 0. The Balaban J connectivity index is 2.40. The molecular formula is C10H9Cl6NO. The van der Waals surface area contributed by atoms with Gasteiger partial charge in [0.15, 0.2) is 4.33 Å². The van der Waals surface area contributed by atoms with E-state index in [-0.39, 0.29) is 28.4 Å². The van der Waals surface area contributed by atoms with Gasteiger partial charge in [-0.05, 0) is 6.42 Å². The first-order valence-corrected chi connectivity index (χ1v) is 7.42. The Labute approximate surface area is 135 Å². The van der Waals surface area contributed by atoms with E-state index >= 15 is 0 Å². The van der Waals surface area contributed by atoms with Gasteiger partial charge in [0.05, 0.1) is 10.1 Å². The summed E-state index contributed by atoms with van der Waals surface area (Å²) in [5.74, 6) is -0.465. The zero-order valence-corrected chi connectivity index (χ0v) is 13.7. The summed E-state index contributed by atoms with van der Waals surface area (Å²) in [5, 5.41) is 3.01. The van der Waals surface area contributed by atoms with Crippen LogP contribution in [0.15, 0.2) is 10.1 Å². The van der Waals surface area contributed by atoms with Gasteiger partial charge in [-0.15, -0.1) is 23.2 Å². The van der Waals surface area contributed by atoms with Crippen LogP contribution in [-0.4, -0.2) is 26.5 Å². The number of hydrogen-bond donors (Lipinski definition) is 1. The molecule has 2 aliphatic carbocycles. The summed E-state index contributed by atoms with van der Waals surface area (Å²) in [4.78, 5) is 8.49. The average Bonchev–Trinajstić information content (AvgIpc) is 2.48. The number of halogens is 6. The summed E-state index contributed by atoms with van der Waals surface area (Å²) in [6.45, 7) is 1.69. The van der Waals surface area contributed by atoms with Gasteiger partial charge < -0.3 is 5.32 Å². The SMILES string of the molecule is CC(=O)NC[C@@H]1C[C@@]2(Cl)C(Cl)=C(Cl)[C@]1(Cl)C2(Cl)Cl. The molecule has 8 heteroatoms. The number of alkyl halides is 4. The van der Waals surface area contributed by atoms with E-state index in [1.54, 1.807) is 0 Å². The van der Waals surface area contributed by atoms with E-state index in [2.05, 4.69) is 5.32 Å². The van der Waals surface area contributed by atoms with Gasteiger partial charge in [0, 0.05) is 19.4 Å². The predicted octanol–water partition coefficient (Wildman–Crippen LogP) is 3.97. The Kier molecular flexibility index (Phi) is 3.81. The molecule has 2 bridgehead atoms. The maximum absolute atomic E-state index is 11.0. The second-order valence-electron chi connectivity index (χ2n) is 4.55. The summed E-state index contributed by atoms with van der Waals surface area (Å²) in [6, 6.07) is 0. The van der Waals surface area contributed by atoms with E-state index in [0.29, 0.717) is 6.42 Å². The van der Waals surface area contributed by atoms with Crippen molar-refractivity contribution in [1.29, 1.82) is 0 Å². The lowest BCUT2D eigenvalue weighted by atomic mass is 9.92. The third-order valence-electron chi connectivity index (χ3n) is 3.50. The van der Waals surface area contributed by atoms with Crippen LogP contribution in [0.2, 0.25) is 0 Å². The second-order valence-corrected chi connectivity index (χ2v) is 7.88. The van der Waals surface area contributed by atoms with Gasteiger partial charge in [-0.1, -0.05) is 46.4 Å². The Morgan fingerprint density at radius 3 is 2.22 bits per heavy atom. The lowest BCUT2D eigenvalue weighted by Crippen LogP contribution is -2.46. The van der Waals surface area contributed by atoms with Gasteiger partial charge in [0.2, 0.25) is 5.91 Å². The molecule has 0 radical (unpaired) electrons. The van der Waals surface area contributed by atoms with Crippen LogP contribution >= 0.6 is 69.6 Å². The van der Waals surface area contributed by atoms with Crippen LogP contribution in [0, 0.1) is 5.92 Å². The third kappa shape index (κ3) is 1.66. The minimum Gasteiger partial charge on any atom is -0.356 e. The van der Waals surface area contributed by atoms with E-state index < -0.39 is 14.1 Å². The van der Waals surface area contributed by atoms with Crippen molar-refractivity contribution in [3.05, 3.63) is 10.1 Å². The highest BCUT2D eigenvalue weighted by Crippen LogP contribution is 2.74. The van der Waals surface area contributed by atoms with Gasteiger partial charge in [0.25, 0.3) is 0 Å². The van der Waals surface area contributed by atoms with Crippen molar-refractivity contribution in [3.63, 3.8) is 0 Å². The molecule has 1 amide bonds. The lowest BCUT2D eigenvalue weighted by Gasteiger charge is -2.33. The second kappa shape index (κ2) is 4.47. The third-order valence-corrected chi connectivity index (χ3v) is 7.83. The number of carbonyl (C=O) groups is 1. The van der Waals surface area contributed by atoms with Gasteiger partial charge in [-0.25, -0.2) is 0 Å². The van der Waals surface area contributed by atoms with Crippen molar-refractivity contribution in [2.45, 2.75) is 27.4 Å². The number of amides is 1. The molecule has 1 fully saturated rings. The highest BCUT2D eigenvalue weighted by Gasteiger charge is 2.78. The summed E-state index contributed by atoms with van der Waals surface area (Å²) in [6.07, 6.45) is 0.348. The molecule has 0 aliphatic heterocycles. The number of fused-ring (bicyclic) bond motifs is 2. The van der Waals surface area contributed by atoms with Crippen molar-refractivity contribution in [2.75, 3.05) is 6.54 Å². The van der Waals surface area contributed by atoms with Crippen molar-refractivity contribution >= 4 is 75.5 Å². The minimum atomic E-state index is -1.51. The molecule has 0 heterocycles. The standard InChI is InChI=1S/C10H9Cl6NO/c1-4(18)17-3-5-2-8(13)6(11)7(12)9(5,14)10(8,15)16/h5H,2-3H2,1H3,(H,17,18)/t5-,8+,9-/m0/s1. The van der Waals surface area contributed by atoms with Crippen molar-refractivity contribution in [2.24, 2.45) is 5.92 Å². The Hall–Kier alpha value is 0.950. The zero-order chi connectivity index (χ0) is 13.9. The van der Waals surface area contributed by atoms with E-state index in [0.717, 1.165) is 0 Å². The molecule has 2 rings (SSSR count). The number of carbonyl (C=O) groups excluding carboxylic acids is 1. The fourth-order valence-electron chi connectivity index (χ4n) is 2.51. The maximum Gasteiger partial charge on any atom is 0.216 e. The summed E-state index contributed by atoms with van der Waals surface area (Å²) >= 11 is 37.7. The fraction of sp³-hybridized carbons (Fsp3) is 0.700. The van der Waals surface area contributed by atoms with Crippen LogP contribution in [0.3, 0.4) is 0 Å². The van der Waals surface area contributed by atoms with Gasteiger partial charge >= 0.3 is 0 Å². The first-order chi connectivity index (χ1) is 8.09. The van der Waals surface area contributed by atoms with Crippen molar-refractivity contribution in [3.8, 4) is 0 Å². The smallest absolute Gasteiger partial charge is 0.216 e. The number of nitrogens with one attached hydrogen (secondary N) is 1. The monoisotopic (exact) mass is 369 g/mol. The van der Waals surface area contributed by atoms with Crippen LogP contribution in [0.5, 0.6) is 0 Å². The Morgan fingerprint density at radius 1 is 1.28 bits per heavy atom. The van der Waals surface area contributed by atoms with Crippen LogP contribution in [-0.2, 0) is 4.79 Å². The topological polar surface area (TPSA) is 29.1 Å². The molecule has 0 saturated heterocycles. The highest BCUT2D eigenvalue weighted by molar-refractivity contribution is 6.65. The molecule has 18 heavy (non-hydrogen) atoms. The van der Waals surface area contributed by atoms with E-state index in [1.165, 1.54) is 6.92 Å². The summed E-state index contributed by atoms with van der Waals surface area (Å²) < 4.78 is -1.51. The largest absolute Gasteiger partial charge is 0.356 e. The molecule has 1 saturated carbocycles. The number of allylic oxidation sites excluding steroid dienone is 2. The Bertz CT molecular complexity index is 450. The minimum absolute atomic E-state index is 0.160. The molecule has 1 N–H and O–H groups in total. The first kappa shape index (κ1) is 15.3. The van der Waals surface area contributed by atoms with Crippen molar-refractivity contribution < 1.29 is 4.79 Å². The molecule has 2 nitrogen and oxygen atoms in total. The van der Waals surface area contributed by atoms with E-state index in [4.69, 9.17) is 69.6 Å². The van der Waals surface area contributed by atoms with E-state index in [9.17, 15) is 4.79 Å². The van der Waals surface area contributed by atoms with Crippen LogP contribution in [0.25, 0.3) is 0 Å². The molecule has 102 valence electrons. The molecule has 2 aliphatic rings. The van der Waals surface area contributed by atoms with Crippen molar-refractivity contribution in [1.82, 2.24) is 5.32 Å². The maximum atomic E-state index is 11.0. The normalized spacial score (nSPS) is 41.4. The zero-order valence-electron chi connectivity index (χ0n) is 9.17. The van der Waals surface area contributed by atoms with E-state index in [1.807, 2.05) is 0 Å². The first-order valence-electron chi connectivity index (χ1n) is 5.15. The molecule has 3 atom stereocenters. The molecular weight excluding hydrogens is 363 g/mol. The van der Waals surface area contributed by atoms with Crippen LogP contribution < -0.4 is 5.32 Å². The summed E-state index contributed by atoms with van der Waals surface area (Å²) in [5.41, 5.74) is 0. The number of hydrogen-bond acceptors (Lipinski definition) is 1.